The third kappa shape index (κ3) is 4.59. The molecule has 0 saturated heterocycles. The summed E-state index contributed by atoms with van der Waals surface area (Å²) in [5, 5.41) is 5.75. The van der Waals surface area contributed by atoms with Gasteiger partial charge in [-0.1, -0.05) is 11.6 Å². The SMILES string of the molecule is COc1cc(OC)cc(-c2cc3cnc(Cl)cc3c(NCCN(C)C)n2)c1. The van der Waals surface area contributed by atoms with Gasteiger partial charge in [0.25, 0.3) is 0 Å². The molecule has 0 aliphatic rings. The number of pyridine rings is 2. The van der Waals surface area contributed by atoms with Gasteiger partial charge in [0.05, 0.1) is 19.9 Å². The summed E-state index contributed by atoms with van der Waals surface area (Å²) in [6.45, 7) is 1.65. The first-order valence-electron chi connectivity index (χ1n) is 8.58. The highest BCUT2D eigenvalue weighted by Crippen LogP contribution is 2.33. The third-order valence-corrected chi connectivity index (χ3v) is 4.39. The lowest BCUT2D eigenvalue weighted by atomic mass is 10.1. The van der Waals surface area contributed by atoms with Gasteiger partial charge in [0.2, 0.25) is 0 Å². The molecule has 0 bridgehead atoms. The van der Waals surface area contributed by atoms with E-state index in [0.717, 1.165) is 40.9 Å². The van der Waals surface area contributed by atoms with E-state index in [4.69, 9.17) is 26.1 Å². The number of nitrogens with zero attached hydrogens (tertiary/aromatic N) is 3. The van der Waals surface area contributed by atoms with E-state index < -0.39 is 0 Å². The molecule has 1 N–H and O–H groups in total. The second-order valence-electron chi connectivity index (χ2n) is 6.42. The molecular formula is C20H23ClN4O2. The van der Waals surface area contributed by atoms with Crippen LogP contribution >= 0.6 is 11.6 Å². The van der Waals surface area contributed by atoms with Crippen LogP contribution in [-0.4, -0.2) is 56.3 Å². The van der Waals surface area contributed by atoms with E-state index in [1.807, 2.05) is 44.4 Å². The number of anilines is 1. The lowest BCUT2D eigenvalue weighted by Crippen LogP contribution is -2.21. The van der Waals surface area contributed by atoms with Gasteiger partial charge in [-0.05, 0) is 38.4 Å². The second-order valence-corrected chi connectivity index (χ2v) is 6.80. The van der Waals surface area contributed by atoms with Crippen LogP contribution in [0.2, 0.25) is 5.15 Å². The molecule has 0 unspecified atom stereocenters. The molecule has 0 aliphatic carbocycles. The van der Waals surface area contributed by atoms with E-state index >= 15 is 0 Å². The van der Waals surface area contributed by atoms with Crippen molar-refractivity contribution in [2.24, 2.45) is 0 Å². The summed E-state index contributed by atoms with van der Waals surface area (Å²) in [6.07, 6.45) is 1.76. The van der Waals surface area contributed by atoms with Crippen LogP contribution in [0.25, 0.3) is 22.0 Å². The number of halogens is 1. The first-order chi connectivity index (χ1) is 13.0. The van der Waals surface area contributed by atoms with Crippen LogP contribution in [-0.2, 0) is 0 Å². The largest absolute Gasteiger partial charge is 0.497 e. The van der Waals surface area contributed by atoms with Crippen LogP contribution in [0.5, 0.6) is 11.5 Å². The van der Waals surface area contributed by atoms with Crippen molar-refractivity contribution in [3.8, 4) is 22.8 Å². The number of aromatic nitrogens is 2. The molecule has 0 atom stereocenters. The summed E-state index contributed by atoms with van der Waals surface area (Å²) in [5.74, 6) is 2.20. The average Bonchev–Trinajstić information content (AvgIpc) is 2.67. The van der Waals surface area contributed by atoms with Crippen molar-refractivity contribution in [2.45, 2.75) is 0 Å². The fourth-order valence-electron chi connectivity index (χ4n) is 2.76. The van der Waals surface area contributed by atoms with E-state index in [1.54, 1.807) is 20.4 Å². The Morgan fingerprint density at radius 3 is 2.37 bits per heavy atom. The van der Waals surface area contributed by atoms with Gasteiger partial charge in [-0.3, -0.25) is 0 Å². The van der Waals surface area contributed by atoms with Crippen molar-refractivity contribution in [3.63, 3.8) is 0 Å². The maximum Gasteiger partial charge on any atom is 0.134 e. The molecule has 142 valence electrons. The molecule has 27 heavy (non-hydrogen) atoms. The first kappa shape index (κ1) is 19.2. The molecule has 6 nitrogen and oxygen atoms in total. The number of rotatable bonds is 7. The molecular weight excluding hydrogens is 364 g/mol. The summed E-state index contributed by atoms with van der Waals surface area (Å²) < 4.78 is 10.8. The topological polar surface area (TPSA) is 59.5 Å². The van der Waals surface area contributed by atoms with Gasteiger partial charge in [-0.15, -0.1) is 0 Å². The zero-order valence-electron chi connectivity index (χ0n) is 15.9. The molecule has 0 aliphatic heterocycles. The fourth-order valence-corrected chi connectivity index (χ4v) is 2.91. The third-order valence-electron chi connectivity index (χ3n) is 4.18. The molecule has 2 heterocycles. The van der Waals surface area contributed by atoms with E-state index in [9.17, 15) is 0 Å². The second kappa shape index (κ2) is 8.41. The molecule has 1 aromatic carbocycles. The monoisotopic (exact) mass is 386 g/mol. The highest BCUT2D eigenvalue weighted by atomic mass is 35.5. The summed E-state index contributed by atoms with van der Waals surface area (Å²) in [7, 11) is 7.33. The highest BCUT2D eigenvalue weighted by molar-refractivity contribution is 6.30. The van der Waals surface area contributed by atoms with Crippen LogP contribution in [0.4, 0.5) is 5.82 Å². The molecule has 3 rings (SSSR count). The number of ether oxygens (including phenoxy) is 2. The number of likely N-dealkylation sites (N-methyl/N-ethyl adjacent to an activating group) is 1. The normalized spacial score (nSPS) is 11.0. The molecule has 7 heteroatoms. The Bertz CT molecular complexity index is 924. The Balaban J connectivity index is 2.09. The van der Waals surface area contributed by atoms with Gasteiger partial charge in [-0.2, -0.15) is 0 Å². The fraction of sp³-hybridized carbons (Fsp3) is 0.300. The van der Waals surface area contributed by atoms with Crippen LogP contribution < -0.4 is 14.8 Å². The molecule has 0 radical (unpaired) electrons. The highest BCUT2D eigenvalue weighted by Gasteiger charge is 2.11. The van der Waals surface area contributed by atoms with Crippen molar-refractivity contribution in [1.82, 2.24) is 14.9 Å². The minimum atomic E-state index is 0.441. The molecule has 0 spiro atoms. The van der Waals surface area contributed by atoms with Crippen molar-refractivity contribution >= 4 is 28.2 Å². The number of hydrogen-bond donors (Lipinski definition) is 1. The number of nitrogens with one attached hydrogen (secondary N) is 1. The van der Waals surface area contributed by atoms with Gasteiger partial charge in [0.1, 0.15) is 22.5 Å². The van der Waals surface area contributed by atoms with Crippen LogP contribution in [0.3, 0.4) is 0 Å². The molecule has 0 amide bonds. The summed E-state index contributed by atoms with van der Waals surface area (Å²) in [6, 6.07) is 9.53. The van der Waals surface area contributed by atoms with Crippen molar-refractivity contribution in [1.29, 1.82) is 0 Å². The molecule has 0 saturated carbocycles. The Morgan fingerprint density at radius 2 is 1.74 bits per heavy atom. The minimum absolute atomic E-state index is 0.441. The predicted octanol–water partition coefficient (Wildman–Crippen LogP) is 3.94. The van der Waals surface area contributed by atoms with E-state index in [1.165, 1.54) is 0 Å². The Hall–Kier alpha value is -2.57. The van der Waals surface area contributed by atoms with Gasteiger partial charge in [-0.25, -0.2) is 9.97 Å². The zero-order chi connectivity index (χ0) is 19.4. The molecule has 2 aromatic heterocycles. The predicted molar refractivity (Wildman–Crippen MR) is 110 cm³/mol. The number of benzene rings is 1. The van der Waals surface area contributed by atoms with E-state index in [2.05, 4.69) is 15.2 Å². The van der Waals surface area contributed by atoms with Crippen molar-refractivity contribution < 1.29 is 9.47 Å². The molecule has 0 fully saturated rings. The number of hydrogen-bond acceptors (Lipinski definition) is 6. The van der Waals surface area contributed by atoms with Crippen LogP contribution in [0.15, 0.2) is 36.5 Å². The Morgan fingerprint density at radius 1 is 1.04 bits per heavy atom. The smallest absolute Gasteiger partial charge is 0.134 e. The standard InChI is InChI=1S/C20H23ClN4O2/c1-25(2)6-5-22-20-17-11-19(21)23-12-14(17)9-18(24-20)13-7-15(26-3)10-16(8-13)27-4/h7-12H,5-6H2,1-4H3,(H,22,24). The van der Waals surface area contributed by atoms with Gasteiger partial charge < -0.3 is 19.7 Å². The van der Waals surface area contributed by atoms with Crippen molar-refractivity contribution in [3.05, 3.63) is 41.7 Å². The van der Waals surface area contributed by atoms with Gasteiger partial charge in [0, 0.05) is 41.7 Å². The number of fused-ring (bicyclic) bond motifs is 1. The van der Waals surface area contributed by atoms with E-state index in [0.29, 0.717) is 16.7 Å². The zero-order valence-corrected chi connectivity index (χ0v) is 16.7. The summed E-state index contributed by atoms with van der Waals surface area (Å²) >= 11 is 6.10. The Labute approximate surface area is 164 Å². The lowest BCUT2D eigenvalue weighted by molar-refractivity contribution is 0.394. The number of methoxy groups -OCH3 is 2. The Kier molecular flexibility index (Phi) is 5.98. The van der Waals surface area contributed by atoms with Gasteiger partial charge in [0.15, 0.2) is 0 Å². The maximum absolute atomic E-state index is 6.10. The quantitative estimate of drug-likeness (QED) is 0.620. The maximum atomic E-state index is 6.10. The summed E-state index contributed by atoms with van der Waals surface area (Å²) in [4.78, 5) is 11.2. The average molecular weight is 387 g/mol. The van der Waals surface area contributed by atoms with Crippen LogP contribution in [0, 0.1) is 0 Å². The van der Waals surface area contributed by atoms with Crippen LogP contribution in [0.1, 0.15) is 0 Å². The minimum Gasteiger partial charge on any atom is -0.497 e. The lowest BCUT2D eigenvalue weighted by Gasteiger charge is -2.15. The van der Waals surface area contributed by atoms with Crippen molar-refractivity contribution in [2.75, 3.05) is 46.7 Å². The van der Waals surface area contributed by atoms with E-state index in [-0.39, 0.29) is 0 Å². The first-order valence-corrected chi connectivity index (χ1v) is 8.96. The van der Waals surface area contributed by atoms with Gasteiger partial charge >= 0.3 is 0 Å². The molecule has 3 aromatic rings. The summed E-state index contributed by atoms with van der Waals surface area (Å²) in [5.41, 5.74) is 1.70.